The van der Waals surface area contributed by atoms with E-state index in [1.807, 2.05) is 24.3 Å². The largest absolute Gasteiger partial charge is 0.492 e. The van der Waals surface area contributed by atoms with Gasteiger partial charge >= 0.3 is 0 Å². The average molecular weight is 733 g/mol. The van der Waals surface area contributed by atoms with E-state index < -0.39 is 4.92 Å². The molecule has 0 saturated carbocycles. The number of fused-ring (bicyclic) bond motifs is 1. The zero-order chi connectivity index (χ0) is 37.1. The lowest BCUT2D eigenvalue weighted by molar-refractivity contribution is -0.384. The molecule has 0 aliphatic carbocycles. The van der Waals surface area contributed by atoms with Crippen molar-refractivity contribution in [2.75, 3.05) is 18.7 Å². The predicted octanol–water partition coefficient (Wildman–Crippen LogP) is 11.1. The molecule has 272 valence electrons. The molecule has 5 rings (SSSR count). The normalized spacial score (nSPS) is 12.4. The quantitative estimate of drug-likeness (QED) is 0.0501. The maximum Gasteiger partial charge on any atom is 0.291 e. The summed E-state index contributed by atoms with van der Waals surface area (Å²) in [6, 6.07) is 18.8. The van der Waals surface area contributed by atoms with Crippen molar-refractivity contribution in [1.82, 2.24) is 19.8 Å². The van der Waals surface area contributed by atoms with Gasteiger partial charge < -0.3 is 19.8 Å². The van der Waals surface area contributed by atoms with E-state index >= 15 is 0 Å². The summed E-state index contributed by atoms with van der Waals surface area (Å²) in [5.41, 5.74) is 4.50. The van der Waals surface area contributed by atoms with Crippen molar-refractivity contribution in [3.8, 4) is 22.9 Å². The molecule has 10 nitrogen and oxygen atoms in total. The van der Waals surface area contributed by atoms with Crippen molar-refractivity contribution in [2.24, 2.45) is 5.41 Å². The number of ether oxygens (including phenoxy) is 2. The van der Waals surface area contributed by atoms with Crippen LogP contribution in [0.1, 0.15) is 92.8 Å². The van der Waals surface area contributed by atoms with Crippen LogP contribution in [0.15, 0.2) is 70.5 Å². The first-order valence-electron chi connectivity index (χ1n) is 17.3. The number of halogens is 1. The highest BCUT2D eigenvalue weighted by Gasteiger charge is 2.31. The van der Waals surface area contributed by atoms with Crippen LogP contribution < -0.4 is 14.8 Å². The summed E-state index contributed by atoms with van der Waals surface area (Å²) >= 11 is 7.59. The third-order valence-electron chi connectivity index (χ3n) is 8.42. The van der Waals surface area contributed by atoms with Gasteiger partial charge in [0.25, 0.3) is 5.69 Å². The molecular weight excluding hydrogens is 684 g/mol. The van der Waals surface area contributed by atoms with Crippen molar-refractivity contribution < 1.29 is 14.4 Å². The molecule has 0 fully saturated rings. The van der Waals surface area contributed by atoms with Gasteiger partial charge in [0.15, 0.2) is 18.2 Å². The van der Waals surface area contributed by atoms with Crippen molar-refractivity contribution >= 4 is 40.4 Å². The van der Waals surface area contributed by atoms with Gasteiger partial charge in [-0.15, -0.1) is 9.73 Å². The molecule has 0 radical (unpaired) electrons. The van der Waals surface area contributed by atoms with Gasteiger partial charge in [0, 0.05) is 16.7 Å². The van der Waals surface area contributed by atoms with Gasteiger partial charge in [0.1, 0.15) is 16.5 Å². The Morgan fingerprint density at radius 3 is 2.33 bits per heavy atom. The maximum atomic E-state index is 11.2. The van der Waals surface area contributed by atoms with Crippen LogP contribution in [0.5, 0.6) is 11.5 Å². The second kappa shape index (κ2) is 15.2. The molecule has 0 aliphatic heterocycles. The smallest absolute Gasteiger partial charge is 0.291 e. The Balaban J connectivity index is 1.41. The minimum atomic E-state index is -0.535. The predicted molar refractivity (Wildman–Crippen MR) is 207 cm³/mol. The topological polar surface area (TPSA) is 120 Å². The lowest BCUT2D eigenvalue weighted by Gasteiger charge is -2.33. The number of nitro benzene ring substituents is 1. The van der Waals surface area contributed by atoms with E-state index in [0.29, 0.717) is 18.2 Å². The van der Waals surface area contributed by atoms with E-state index in [1.165, 1.54) is 17.7 Å². The summed E-state index contributed by atoms with van der Waals surface area (Å²) in [6.45, 7) is 21.0. The fraction of sp³-hybridized carbons (Fsp3) is 0.436. The van der Waals surface area contributed by atoms with E-state index in [9.17, 15) is 10.1 Å². The number of aromatic amines is 1. The molecule has 2 N–H and O–H groups in total. The van der Waals surface area contributed by atoms with E-state index in [-0.39, 0.29) is 33.7 Å². The molecule has 51 heavy (non-hydrogen) atoms. The molecule has 2 aromatic heterocycles. The summed E-state index contributed by atoms with van der Waals surface area (Å²) in [4.78, 5) is 16.3. The standard InChI is InChI=1S/C39H49ClN6O4S/c1-10-11-20-49-31-19-14-26(39(8,9)23-37(2,3)4)21-32(31)51-33-34(38(5,6)7)43-45-36(33)42-35(44-45)25-12-15-27(16-13-25)41-24-50-28-17-18-29(40)30(22-28)46(47)48/h12-19,21-22,41H,10-11,20,23-24H2,1-9H3,(H,42,44). The monoisotopic (exact) mass is 732 g/mol. The van der Waals surface area contributed by atoms with Gasteiger partial charge in [-0.25, -0.2) is 0 Å². The Labute approximate surface area is 309 Å². The van der Waals surface area contributed by atoms with Gasteiger partial charge in [0.05, 0.1) is 33.1 Å². The number of hydrogen-bond acceptors (Lipinski definition) is 8. The number of benzene rings is 3. The van der Waals surface area contributed by atoms with Crippen LogP contribution in [0.3, 0.4) is 0 Å². The van der Waals surface area contributed by atoms with Crippen molar-refractivity contribution in [1.29, 1.82) is 0 Å². The van der Waals surface area contributed by atoms with E-state index in [1.54, 1.807) is 22.5 Å². The van der Waals surface area contributed by atoms with Crippen LogP contribution in [0, 0.1) is 15.5 Å². The summed E-state index contributed by atoms with van der Waals surface area (Å²) < 4.78 is 13.7. The lowest BCUT2D eigenvalue weighted by Crippen LogP contribution is -2.24. The Bertz CT molecular complexity index is 1990. The van der Waals surface area contributed by atoms with Crippen molar-refractivity contribution in [3.63, 3.8) is 0 Å². The zero-order valence-electron chi connectivity index (χ0n) is 31.0. The van der Waals surface area contributed by atoms with Crippen LogP contribution in [0.2, 0.25) is 5.02 Å². The molecule has 0 aliphatic rings. The summed E-state index contributed by atoms with van der Waals surface area (Å²) in [5, 5.41) is 24.3. The molecule has 3 aromatic carbocycles. The summed E-state index contributed by atoms with van der Waals surface area (Å²) in [5.74, 6) is 1.91. The summed E-state index contributed by atoms with van der Waals surface area (Å²) in [7, 11) is 0. The zero-order valence-corrected chi connectivity index (χ0v) is 32.6. The molecule has 0 saturated heterocycles. The molecule has 12 heteroatoms. The van der Waals surface area contributed by atoms with E-state index in [4.69, 9.17) is 31.3 Å². The van der Waals surface area contributed by atoms with Crippen molar-refractivity contribution in [2.45, 2.75) is 102 Å². The molecule has 0 amide bonds. The highest BCUT2D eigenvalue weighted by molar-refractivity contribution is 7.99. The number of nitrogens with zero attached hydrogens (tertiary/aromatic N) is 4. The van der Waals surface area contributed by atoms with E-state index in [2.05, 4.69) is 90.8 Å². The Morgan fingerprint density at radius 2 is 1.69 bits per heavy atom. The molecule has 0 bridgehead atoms. The average Bonchev–Trinajstić information content (AvgIpc) is 3.61. The van der Waals surface area contributed by atoms with Crippen LogP contribution in [0.25, 0.3) is 17.0 Å². The number of unbranched alkanes of at least 4 members (excludes halogenated alkanes) is 1. The Morgan fingerprint density at radius 1 is 0.961 bits per heavy atom. The molecule has 2 heterocycles. The number of nitrogens with one attached hydrogen (secondary N) is 2. The number of H-pyrrole nitrogens is 1. The Hall–Kier alpha value is -4.22. The number of hydrogen-bond donors (Lipinski definition) is 2. The first-order valence-corrected chi connectivity index (χ1v) is 18.5. The van der Waals surface area contributed by atoms with E-state index in [0.717, 1.165) is 57.4 Å². The second-order valence-electron chi connectivity index (χ2n) is 15.7. The first-order chi connectivity index (χ1) is 23.9. The maximum absolute atomic E-state index is 11.2. The molecular formula is C39H49ClN6O4S. The number of aromatic nitrogens is 4. The number of rotatable bonds is 14. The Kier molecular flexibility index (Phi) is 11.3. The third kappa shape index (κ3) is 9.37. The van der Waals surface area contributed by atoms with Gasteiger partial charge in [-0.3, -0.25) is 10.1 Å². The number of anilines is 1. The molecule has 0 atom stereocenters. The fourth-order valence-corrected chi connectivity index (χ4v) is 7.68. The third-order valence-corrected chi connectivity index (χ3v) is 9.87. The molecule has 5 aromatic rings. The minimum Gasteiger partial charge on any atom is -0.492 e. The minimum absolute atomic E-state index is 0.0262. The lowest BCUT2D eigenvalue weighted by atomic mass is 9.72. The number of nitro groups is 1. The van der Waals surface area contributed by atoms with Gasteiger partial charge in [0.2, 0.25) is 0 Å². The van der Waals surface area contributed by atoms with Crippen LogP contribution in [0.4, 0.5) is 11.4 Å². The SMILES string of the molecule is CCCCOc1ccc(C(C)(C)CC(C)(C)C)cc1Sc1c(C(C)(C)C)nn2nc(-c3ccc(NCOc4ccc(Cl)c([N+](=O)[O-])c4)cc3)[nH]c12. The van der Waals surface area contributed by atoms with Gasteiger partial charge in [-0.1, -0.05) is 98.2 Å². The molecule has 0 unspecified atom stereocenters. The van der Waals surface area contributed by atoms with Crippen LogP contribution in [-0.2, 0) is 10.8 Å². The highest BCUT2D eigenvalue weighted by atomic mass is 35.5. The fourth-order valence-electron chi connectivity index (χ4n) is 6.18. The first kappa shape index (κ1) is 38.0. The van der Waals surface area contributed by atoms with Gasteiger partial charge in [-0.05, 0) is 77.8 Å². The van der Waals surface area contributed by atoms with Crippen LogP contribution >= 0.6 is 23.4 Å². The molecule has 0 spiro atoms. The second-order valence-corrected chi connectivity index (χ2v) is 17.2. The van der Waals surface area contributed by atoms with Crippen molar-refractivity contribution in [3.05, 3.63) is 87.1 Å². The highest BCUT2D eigenvalue weighted by Crippen LogP contribution is 2.45. The summed E-state index contributed by atoms with van der Waals surface area (Å²) in [6.07, 6.45) is 3.10. The van der Waals surface area contributed by atoms with Gasteiger partial charge in [-0.2, -0.15) is 5.10 Å². The van der Waals surface area contributed by atoms with Crippen LogP contribution in [-0.4, -0.2) is 38.1 Å².